The topological polar surface area (TPSA) is 86.3 Å². The van der Waals surface area contributed by atoms with Crippen molar-refractivity contribution in [3.8, 4) is 5.82 Å². The van der Waals surface area contributed by atoms with Crippen LogP contribution < -0.4 is 5.73 Å². The van der Waals surface area contributed by atoms with Crippen molar-refractivity contribution < 1.29 is 13.9 Å². The van der Waals surface area contributed by atoms with Gasteiger partial charge in [-0.15, -0.1) is 11.3 Å². The molecule has 32 heavy (non-hydrogen) atoms. The van der Waals surface area contributed by atoms with Gasteiger partial charge in [-0.2, -0.15) is 9.49 Å². The highest BCUT2D eigenvalue weighted by Gasteiger charge is 2.42. The van der Waals surface area contributed by atoms with Crippen LogP contribution in [0.1, 0.15) is 40.1 Å². The molecule has 5 rings (SSSR count). The fourth-order valence-electron chi connectivity index (χ4n) is 4.79. The van der Waals surface area contributed by atoms with E-state index in [4.69, 9.17) is 10.5 Å². The Morgan fingerprint density at radius 3 is 2.94 bits per heavy atom. The quantitative estimate of drug-likeness (QED) is 0.639. The third kappa shape index (κ3) is 3.96. The molecule has 0 unspecified atom stereocenters. The van der Waals surface area contributed by atoms with Crippen LogP contribution in [0.25, 0.3) is 5.82 Å². The van der Waals surface area contributed by atoms with E-state index >= 15 is 0 Å². The van der Waals surface area contributed by atoms with E-state index in [2.05, 4.69) is 15.0 Å². The van der Waals surface area contributed by atoms with Gasteiger partial charge in [-0.05, 0) is 43.9 Å². The number of thiophene rings is 1. The number of likely N-dealkylation sites (tertiary alicyclic amines) is 1. The highest BCUT2D eigenvalue weighted by Crippen LogP contribution is 2.45. The summed E-state index contributed by atoms with van der Waals surface area (Å²) in [6.07, 6.45) is 6.30. The lowest BCUT2D eigenvalue weighted by molar-refractivity contribution is -0.117. The molecule has 3 aromatic rings. The molecule has 1 amide bonds. The fourth-order valence-corrected chi connectivity index (χ4v) is 5.93. The van der Waals surface area contributed by atoms with Gasteiger partial charge >= 0.3 is 0 Å². The van der Waals surface area contributed by atoms with Crippen molar-refractivity contribution >= 4 is 17.2 Å². The van der Waals surface area contributed by atoms with Crippen molar-refractivity contribution in [3.63, 3.8) is 0 Å². The number of fused-ring (bicyclic) bond motifs is 2. The first kappa shape index (κ1) is 21.2. The van der Waals surface area contributed by atoms with Gasteiger partial charge in [0.2, 0.25) is 5.91 Å². The summed E-state index contributed by atoms with van der Waals surface area (Å²) in [7, 11) is 0. The van der Waals surface area contributed by atoms with Crippen LogP contribution in [0.3, 0.4) is 0 Å². The molecule has 2 N–H and O–H groups in total. The maximum atomic E-state index is 13.9. The summed E-state index contributed by atoms with van der Waals surface area (Å²) in [5.41, 5.74) is 8.96. The highest BCUT2D eigenvalue weighted by atomic mass is 32.1. The monoisotopic (exact) mass is 455 g/mol. The minimum atomic E-state index is -0.399. The number of aryl methyl sites for hydroxylation is 1. The summed E-state index contributed by atoms with van der Waals surface area (Å²) >= 11 is 1.25. The number of amides is 1. The number of rotatable bonds is 5. The number of ether oxygens (including phenoxy) is 1. The second-order valence-electron chi connectivity index (χ2n) is 8.59. The molecule has 1 spiro atoms. The zero-order valence-electron chi connectivity index (χ0n) is 18.0. The average Bonchev–Trinajstić information content (AvgIpc) is 3.33. The number of nitrogens with zero attached hydrogens (tertiary/aromatic N) is 4. The Labute approximate surface area is 190 Å². The first-order valence-electron chi connectivity index (χ1n) is 10.9. The predicted molar refractivity (Wildman–Crippen MR) is 119 cm³/mol. The number of carbonyl (C=O) groups excluding carboxylic acids is 1. The molecule has 2 aliphatic heterocycles. The minimum Gasteiger partial charge on any atom is -0.369 e. The SMILES string of the molecule is Cc1nn(-c2ncccc2CC(N)=O)cc1CN1CCC2(CC1)OCCc1cc(F)sc12. The van der Waals surface area contributed by atoms with Gasteiger partial charge in [0.1, 0.15) is 5.60 Å². The van der Waals surface area contributed by atoms with Crippen molar-refractivity contribution in [2.75, 3.05) is 19.7 Å². The van der Waals surface area contributed by atoms with Crippen LogP contribution in [0.15, 0.2) is 30.6 Å². The van der Waals surface area contributed by atoms with Crippen molar-refractivity contribution in [1.82, 2.24) is 19.7 Å². The molecule has 2 aliphatic rings. The lowest BCUT2D eigenvalue weighted by Crippen LogP contribution is -2.45. The van der Waals surface area contributed by atoms with E-state index in [1.165, 1.54) is 11.3 Å². The van der Waals surface area contributed by atoms with Gasteiger partial charge in [-0.3, -0.25) is 9.69 Å². The molecule has 0 radical (unpaired) electrons. The van der Waals surface area contributed by atoms with Crippen LogP contribution in [0.5, 0.6) is 0 Å². The standard InChI is InChI=1S/C23H26FN5O2S/c1-15-18(14-29(27-15)22-17(12-20(25)30)3-2-7-26-22)13-28-8-5-23(6-9-28)21-16(4-10-31-23)11-19(24)32-21/h2-3,7,11,14H,4-6,8-10,12-13H2,1H3,(H2,25,30). The zero-order chi connectivity index (χ0) is 22.3. The number of carbonyl (C=O) groups is 1. The van der Waals surface area contributed by atoms with Crippen LogP contribution in [0.4, 0.5) is 4.39 Å². The second kappa shape index (κ2) is 8.38. The molecule has 3 aromatic heterocycles. The zero-order valence-corrected chi connectivity index (χ0v) is 18.8. The van der Waals surface area contributed by atoms with E-state index in [9.17, 15) is 9.18 Å². The molecular formula is C23H26FN5O2S. The largest absolute Gasteiger partial charge is 0.369 e. The average molecular weight is 456 g/mol. The fraction of sp³-hybridized carbons (Fsp3) is 0.435. The van der Waals surface area contributed by atoms with E-state index in [0.29, 0.717) is 12.4 Å². The number of pyridine rings is 1. The summed E-state index contributed by atoms with van der Waals surface area (Å²) in [4.78, 5) is 19.3. The molecule has 9 heteroatoms. The third-order valence-electron chi connectivity index (χ3n) is 6.45. The Kier molecular flexibility index (Phi) is 5.56. The Bertz CT molecular complexity index is 1150. The van der Waals surface area contributed by atoms with Crippen molar-refractivity contribution in [1.29, 1.82) is 0 Å². The molecule has 1 fully saturated rings. The minimum absolute atomic E-state index is 0.115. The molecule has 0 atom stereocenters. The van der Waals surface area contributed by atoms with Gasteiger partial charge in [0.25, 0.3) is 0 Å². The summed E-state index contributed by atoms with van der Waals surface area (Å²) < 4.78 is 21.9. The van der Waals surface area contributed by atoms with Crippen LogP contribution in [0.2, 0.25) is 0 Å². The van der Waals surface area contributed by atoms with Gasteiger partial charge in [0, 0.05) is 48.0 Å². The van der Waals surface area contributed by atoms with Gasteiger partial charge in [-0.1, -0.05) is 6.07 Å². The summed E-state index contributed by atoms with van der Waals surface area (Å²) in [6.45, 7) is 5.16. The number of halogens is 1. The lowest BCUT2D eigenvalue weighted by Gasteiger charge is -2.43. The lowest BCUT2D eigenvalue weighted by atomic mass is 9.85. The van der Waals surface area contributed by atoms with E-state index in [-0.39, 0.29) is 17.2 Å². The highest BCUT2D eigenvalue weighted by molar-refractivity contribution is 7.10. The summed E-state index contributed by atoms with van der Waals surface area (Å²) in [5.74, 6) is 0.227. The van der Waals surface area contributed by atoms with E-state index in [1.807, 2.05) is 19.2 Å². The van der Waals surface area contributed by atoms with Crippen LogP contribution >= 0.6 is 11.3 Å². The Morgan fingerprint density at radius 1 is 1.34 bits per heavy atom. The molecule has 0 aromatic carbocycles. The number of piperidine rings is 1. The number of primary amides is 1. The second-order valence-corrected chi connectivity index (χ2v) is 9.59. The van der Waals surface area contributed by atoms with Crippen LogP contribution in [-0.2, 0) is 34.5 Å². The molecular weight excluding hydrogens is 429 g/mol. The maximum absolute atomic E-state index is 13.9. The first-order chi connectivity index (χ1) is 15.4. The molecule has 0 aliphatic carbocycles. The predicted octanol–water partition coefficient (Wildman–Crippen LogP) is 2.87. The maximum Gasteiger partial charge on any atom is 0.221 e. The van der Waals surface area contributed by atoms with Crippen LogP contribution in [-0.4, -0.2) is 45.3 Å². The molecule has 0 bridgehead atoms. The molecule has 0 saturated carbocycles. The number of hydrogen-bond acceptors (Lipinski definition) is 6. The van der Waals surface area contributed by atoms with E-state index < -0.39 is 5.91 Å². The van der Waals surface area contributed by atoms with E-state index in [0.717, 1.165) is 66.2 Å². The number of aromatic nitrogens is 3. The Hall–Kier alpha value is -2.62. The summed E-state index contributed by atoms with van der Waals surface area (Å²) in [6, 6.07) is 5.32. The first-order valence-corrected chi connectivity index (χ1v) is 11.7. The van der Waals surface area contributed by atoms with Gasteiger partial charge in [0.15, 0.2) is 10.9 Å². The number of hydrogen-bond donors (Lipinski definition) is 1. The van der Waals surface area contributed by atoms with Crippen molar-refractivity contribution in [2.45, 2.75) is 44.8 Å². The van der Waals surface area contributed by atoms with Gasteiger partial charge in [-0.25, -0.2) is 9.67 Å². The van der Waals surface area contributed by atoms with Crippen molar-refractivity contribution in [3.05, 3.63) is 63.0 Å². The summed E-state index contributed by atoms with van der Waals surface area (Å²) in [5, 5.41) is 4.53. The molecule has 5 heterocycles. The number of nitrogens with two attached hydrogens (primary N) is 1. The smallest absolute Gasteiger partial charge is 0.221 e. The normalized spacial score (nSPS) is 18.1. The van der Waals surface area contributed by atoms with Gasteiger partial charge in [0.05, 0.1) is 18.7 Å². The molecule has 1 saturated heterocycles. The third-order valence-corrected chi connectivity index (χ3v) is 7.60. The Morgan fingerprint density at radius 2 is 2.16 bits per heavy atom. The molecule has 7 nitrogen and oxygen atoms in total. The van der Waals surface area contributed by atoms with Crippen molar-refractivity contribution in [2.24, 2.45) is 5.73 Å². The van der Waals surface area contributed by atoms with Crippen LogP contribution in [0, 0.1) is 12.1 Å². The van der Waals surface area contributed by atoms with Gasteiger partial charge < -0.3 is 10.5 Å². The Balaban J connectivity index is 1.30. The molecule has 168 valence electrons. The van der Waals surface area contributed by atoms with E-state index in [1.54, 1.807) is 23.0 Å².